The van der Waals surface area contributed by atoms with E-state index in [2.05, 4.69) is 162 Å². The molecular formula is C45H38N8. The van der Waals surface area contributed by atoms with Crippen LogP contribution in [0.2, 0.25) is 0 Å². The predicted molar refractivity (Wildman–Crippen MR) is 212 cm³/mol. The smallest absolute Gasteiger partial charge is 0.179 e. The molecule has 0 bridgehead atoms. The molecule has 8 nitrogen and oxygen atoms in total. The zero-order chi connectivity index (χ0) is 35.5. The Hall–Kier alpha value is -6.28. The molecule has 1 fully saturated rings. The van der Waals surface area contributed by atoms with Gasteiger partial charge in [0.1, 0.15) is 12.3 Å². The molecule has 0 radical (unpaired) electrons. The van der Waals surface area contributed by atoms with Crippen molar-refractivity contribution in [3.8, 4) is 0 Å². The highest BCUT2D eigenvalue weighted by molar-refractivity contribution is 5.91. The number of nitrogens with zero attached hydrogens (tertiary/aromatic N) is 8. The first-order valence-electron chi connectivity index (χ1n) is 18.5. The highest BCUT2D eigenvalue weighted by atomic mass is 15.5. The number of hydrogen-bond acceptors (Lipinski definition) is 8. The number of hydrogen-bond donors (Lipinski definition) is 0. The third-order valence-electron chi connectivity index (χ3n) is 12.8. The average molecular weight is 691 g/mol. The van der Waals surface area contributed by atoms with Gasteiger partial charge in [-0.15, -0.1) is 0 Å². The van der Waals surface area contributed by atoms with Crippen molar-refractivity contribution in [2.45, 2.75) is 44.9 Å². The molecule has 5 aromatic carbocycles. The van der Waals surface area contributed by atoms with Gasteiger partial charge in [-0.25, -0.2) is 19.9 Å². The summed E-state index contributed by atoms with van der Waals surface area (Å²) in [7, 11) is 0. The Morgan fingerprint density at radius 3 is 1.72 bits per heavy atom. The summed E-state index contributed by atoms with van der Waals surface area (Å²) >= 11 is 0. The first kappa shape index (κ1) is 30.4. The molecule has 2 aromatic heterocycles. The van der Waals surface area contributed by atoms with Crippen LogP contribution in [0, 0.1) is 18.3 Å². The Balaban J connectivity index is 1.13. The van der Waals surface area contributed by atoms with E-state index >= 15 is 0 Å². The van der Waals surface area contributed by atoms with Gasteiger partial charge in [0.05, 0.1) is 11.0 Å². The number of benzene rings is 5. The van der Waals surface area contributed by atoms with Crippen LogP contribution in [-0.4, -0.2) is 32.3 Å². The largest absolute Gasteiger partial charge is 0.302 e. The lowest BCUT2D eigenvalue weighted by atomic mass is 9.81. The Morgan fingerprint density at radius 2 is 1.06 bits per heavy atom. The summed E-state index contributed by atoms with van der Waals surface area (Å²) in [4.78, 5) is 30.6. The monoisotopic (exact) mass is 690 g/mol. The average Bonchev–Trinajstić information content (AvgIpc) is 3.43. The van der Waals surface area contributed by atoms with E-state index in [1.807, 2.05) is 24.5 Å². The minimum absolute atomic E-state index is 0.0353. The molecule has 0 spiro atoms. The Bertz CT molecular complexity index is 2560. The summed E-state index contributed by atoms with van der Waals surface area (Å²) in [6, 6.07) is 47.4. The van der Waals surface area contributed by atoms with Crippen molar-refractivity contribution in [2.75, 3.05) is 19.6 Å². The molecule has 258 valence electrons. The zero-order valence-electron chi connectivity index (χ0n) is 29.9. The van der Waals surface area contributed by atoms with Crippen molar-refractivity contribution in [1.82, 2.24) is 19.9 Å². The van der Waals surface area contributed by atoms with E-state index in [4.69, 9.17) is 19.9 Å². The van der Waals surface area contributed by atoms with Gasteiger partial charge in [-0.1, -0.05) is 98.8 Å². The Labute approximate surface area is 309 Å². The van der Waals surface area contributed by atoms with Crippen LogP contribution < -0.4 is 19.6 Å². The van der Waals surface area contributed by atoms with Crippen LogP contribution in [0.3, 0.4) is 0 Å². The highest BCUT2D eigenvalue weighted by Crippen LogP contribution is 2.79. The van der Waals surface area contributed by atoms with Crippen molar-refractivity contribution in [2.24, 2.45) is 11.3 Å². The van der Waals surface area contributed by atoms with E-state index in [9.17, 15) is 0 Å². The van der Waals surface area contributed by atoms with E-state index in [0.29, 0.717) is 0 Å². The Morgan fingerprint density at radius 1 is 0.528 bits per heavy atom. The minimum atomic E-state index is -0.195. The lowest BCUT2D eigenvalue weighted by Crippen LogP contribution is -2.50. The van der Waals surface area contributed by atoms with Gasteiger partial charge in [-0.05, 0) is 78.9 Å². The van der Waals surface area contributed by atoms with Crippen LogP contribution in [0.25, 0.3) is 11.0 Å². The molecule has 53 heavy (non-hydrogen) atoms. The quantitative estimate of drug-likeness (QED) is 0.177. The number of rotatable bonds is 5. The molecule has 1 aliphatic carbocycles. The van der Waals surface area contributed by atoms with E-state index < -0.39 is 0 Å². The highest BCUT2D eigenvalue weighted by Gasteiger charge is 2.80. The van der Waals surface area contributed by atoms with E-state index in [-0.39, 0.29) is 29.1 Å². The van der Waals surface area contributed by atoms with Gasteiger partial charge in [0.2, 0.25) is 0 Å². The van der Waals surface area contributed by atoms with Crippen LogP contribution >= 0.6 is 0 Å². The van der Waals surface area contributed by atoms with Gasteiger partial charge in [0.15, 0.2) is 23.3 Å². The molecule has 11 rings (SSSR count). The molecule has 5 atom stereocenters. The van der Waals surface area contributed by atoms with Gasteiger partial charge in [-0.3, -0.25) is 0 Å². The first-order chi connectivity index (χ1) is 26.0. The minimum Gasteiger partial charge on any atom is -0.302 e. The fourth-order valence-corrected chi connectivity index (χ4v) is 10.2. The normalized spacial score (nSPS) is 24.8. The molecule has 7 aromatic rings. The molecule has 0 amide bonds. The van der Waals surface area contributed by atoms with Gasteiger partial charge in [0, 0.05) is 46.0 Å². The number of aromatic nitrogens is 4. The molecule has 3 aliphatic heterocycles. The summed E-state index contributed by atoms with van der Waals surface area (Å²) < 4.78 is 0. The van der Waals surface area contributed by atoms with Crippen molar-refractivity contribution >= 4 is 57.1 Å². The zero-order valence-corrected chi connectivity index (χ0v) is 29.9. The topological polar surface area (TPSA) is 64.5 Å². The molecule has 5 unspecified atom stereocenters. The van der Waals surface area contributed by atoms with Crippen LogP contribution in [0.15, 0.2) is 146 Å². The summed E-state index contributed by atoms with van der Waals surface area (Å²) in [6.45, 7) is 7.20. The molecule has 5 heterocycles. The lowest BCUT2D eigenvalue weighted by molar-refractivity contribution is 0.352. The third-order valence-corrected chi connectivity index (χ3v) is 12.8. The van der Waals surface area contributed by atoms with Gasteiger partial charge in [0.25, 0.3) is 0 Å². The predicted octanol–water partition coefficient (Wildman–Crippen LogP) is 9.96. The van der Waals surface area contributed by atoms with Crippen molar-refractivity contribution in [3.63, 3.8) is 0 Å². The van der Waals surface area contributed by atoms with Crippen LogP contribution in [0.1, 0.15) is 31.4 Å². The van der Waals surface area contributed by atoms with Gasteiger partial charge < -0.3 is 19.6 Å². The second-order valence-electron chi connectivity index (χ2n) is 15.1. The molecule has 1 saturated carbocycles. The molecular weight excluding hydrogens is 653 g/mol. The van der Waals surface area contributed by atoms with Crippen LogP contribution in [0.4, 0.5) is 46.0 Å². The maximum atomic E-state index is 5.39. The summed E-state index contributed by atoms with van der Waals surface area (Å²) in [6.07, 6.45) is 4.38. The third kappa shape index (κ3) is 3.95. The maximum Gasteiger partial charge on any atom is 0.179 e. The first-order valence-corrected chi connectivity index (χ1v) is 18.5. The Kier molecular flexibility index (Phi) is 6.23. The van der Waals surface area contributed by atoms with E-state index in [1.165, 1.54) is 16.8 Å². The fraction of sp³-hybridized carbons (Fsp3) is 0.200. The second-order valence-corrected chi connectivity index (χ2v) is 15.1. The molecule has 4 aliphatic rings. The summed E-state index contributed by atoms with van der Waals surface area (Å²) in [5.41, 5.74) is 8.59. The molecule has 0 saturated heterocycles. The summed E-state index contributed by atoms with van der Waals surface area (Å²) in [5.74, 6) is 3.84. The summed E-state index contributed by atoms with van der Waals surface area (Å²) in [5, 5.41) is 0. The van der Waals surface area contributed by atoms with Crippen molar-refractivity contribution in [3.05, 3.63) is 157 Å². The lowest BCUT2D eigenvalue weighted by Gasteiger charge is -2.44. The number of anilines is 8. The van der Waals surface area contributed by atoms with Gasteiger partial charge in [-0.2, -0.15) is 0 Å². The number of fused-ring (bicyclic) bond motifs is 10. The van der Waals surface area contributed by atoms with E-state index in [0.717, 1.165) is 57.8 Å². The second kappa shape index (κ2) is 10.9. The fourth-order valence-electron chi connectivity index (χ4n) is 10.2. The SMILES string of the molecule is Cc1ccccc1N1c2nc3ccccc3nc2N(c2ccccc2)C1CC1C2(C)c3ccccc3N3c4nccnc4N(c4ccccc4)C3C12C. The van der Waals surface area contributed by atoms with Crippen molar-refractivity contribution < 1.29 is 0 Å². The van der Waals surface area contributed by atoms with Crippen LogP contribution in [0.5, 0.6) is 0 Å². The maximum absolute atomic E-state index is 5.39. The van der Waals surface area contributed by atoms with Gasteiger partial charge >= 0.3 is 0 Å². The van der Waals surface area contributed by atoms with Crippen LogP contribution in [-0.2, 0) is 5.41 Å². The molecule has 0 N–H and O–H groups in total. The number of para-hydroxylation sites is 6. The molecule has 8 heteroatoms. The van der Waals surface area contributed by atoms with E-state index in [1.54, 1.807) is 0 Å². The standard InChI is InChI=1S/C45H38N8/c1-29-16-10-14-24-35(29)52-38(50(30-17-6-4-7-18-30)41-42(52)49-34-23-13-12-22-33(34)48-41)28-37-44(2)32-21-11-15-25-36(32)53-40-39(46-26-27-47-40)51(43(53)45(37,44)3)31-19-8-5-9-20-31/h4-27,37-38,43H,28H2,1-3H3. The van der Waals surface area contributed by atoms with Crippen molar-refractivity contribution in [1.29, 1.82) is 0 Å². The number of aryl methyl sites for hydroxylation is 1.